The maximum Gasteiger partial charge on any atom is 0.253 e. The van der Waals surface area contributed by atoms with Crippen LogP contribution in [0.15, 0.2) is 22.7 Å². The van der Waals surface area contributed by atoms with E-state index >= 15 is 0 Å². The zero-order chi connectivity index (χ0) is 13.2. The molecule has 0 aliphatic carbocycles. The molecule has 3 nitrogen and oxygen atoms in total. The number of halogens is 2. The molecule has 1 heterocycles. The van der Waals surface area contributed by atoms with E-state index in [0.717, 1.165) is 23.9 Å². The molecule has 0 saturated carbocycles. The summed E-state index contributed by atoms with van der Waals surface area (Å²) in [6.45, 7) is 3.31. The minimum absolute atomic E-state index is 0.158. The van der Waals surface area contributed by atoms with E-state index in [0.29, 0.717) is 17.2 Å². The fraction of sp³-hybridized carbons (Fsp3) is 0.462. The number of carbonyl (C=O) groups excluding carboxylic acids is 1. The number of rotatable bonds is 2. The van der Waals surface area contributed by atoms with Crippen LogP contribution in [0.5, 0.6) is 0 Å². The zero-order valence-corrected chi connectivity index (χ0v) is 12.5. The smallest absolute Gasteiger partial charge is 0.253 e. The second kappa shape index (κ2) is 5.59. The van der Waals surface area contributed by atoms with Crippen molar-refractivity contribution < 1.29 is 9.53 Å². The number of hydrogen-bond acceptors (Lipinski definition) is 2. The molecule has 1 aromatic carbocycles. The van der Waals surface area contributed by atoms with Gasteiger partial charge in [-0.05, 0) is 38.0 Å². The zero-order valence-electron chi connectivity index (χ0n) is 10.1. The predicted molar refractivity (Wildman–Crippen MR) is 75.1 cm³/mol. The van der Waals surface area contributed by atoms with Crippen LogP contribution in [-0.2, 0) is 4.74 Å². The molecule has 0 bridgehead atoms. The molecule has 18 heavy (non-hydrogen) atoms. The maximum atomic E-state index is 12.2. The van der Waals surface area contributed by atoms with E-state index in [4.69, 9.17) is 16.3 Å². The fourth-order valence-electron chi connectivity index (χ4n) is 2.05. The van der Waals surface area contributed by atoms with Crippen LogP contribution in [0.2, 0.25) is 5.02 Å². The number of benzene rings is 1. The molecule has 1 aromatic rings. The predicted octanol–water partition coefficient (Wildman–Crippen LogP) is 3.40. The molecule has 5 heteroatoms. The minimum Gasteiger partial charge on any atom is -0.379 e. The molecule has 1 saturated heterocycles. The maximum absolute atomic E-state index is 12.2. The lowest BCUT2D eigenvalue weighted by atomic mass is 9.94. The summed E-state index contributed by atoms with van der Waals surface area (Å²) < 4.78 is 6.25. The van der Waals surface area contributed by atoms with Crippen LogP contribution < -0.4 is 5.32 Å². The molecule has 0 aromatic heterocycles. The lowest BCUT2D eigenvalue weighted by Crippen LogP contribution is -2.51. The van der Waals surface area contributed by atoms with E-state index < -0.39 is 0 Å². The average Bonchev–Trinajstić information content (AvgIpc) is 2.32. The third kappa shape index (κ3) is 3.25. The highest BCUT2D eigenvalue weighted by Crippen LogP contribution is 2.23. The van der Waals surface area contributed by atoms with Gasteiger partial charge in [-0.15, -0.1) is 0 Å². The molecule has 2 rings (SSSR count). The Bertz CT molecular complexity index is 458. The normalized spacial score (nSPS) is 23.7. The summed E-state index contributed by atoms with van der Waals surface area (Å²) in [6, 6.07) is 5.25. The number of hydrogen-bond donors (Lipinski definition) is 1. The first-order chi connectivity index (χ1) is 8.50. The van der Waals surface area contributed by atoms with Crippen molar-refractivity contribution in [1.29, 1.82) is 0 Å². The second-order valence-corrected chi connectivity index (χ2v) is 6.12. The Morgan fingerprint density at radius 1 is 1.56 bits per heavy atom. The molecular formula is C13H15BrClNO2. The van der Waals surface area contributed by atoms with E-state index in [1.807, 2.05) is 13.0 Å². The summed E-state index contributed by atoms with van der Waals surface area (Å²) in [5, 5.41) is 3.47. The van der Waals surface area contributed by atoms with Crippen molar-refractivity contribution >= 4 is 33.4 Å². The van der Waals surface area contributed by atoms with E-state index in [9.17, 15) is 4.79 Å². The van der Waals surface area contributed by atoms with Gasteiger partial charge in [0.05, 0.1) is 22.7 Å². The van der Waals surface area contributed by atoms with Crippen LogP contribution in [0.4, 0.5) is 0 Å². The van der Waals surface area contributed by atoms with Gasteiger partial charge in [0, 0.05) is 11.1 Å². The summed E-state index contributed by atoms with van der Waals surface area (Å²) in [7, 11) is 0. The molecule has 98 valence electrons. The summed E-state index contributed by atoms with van der Waals surface area (Å²) in [5.41, 5.74) is 0.180. The standard InChI is InChI=1S/C13H15BrClNO2/c1-13(5-2-6-18-8-13)16-12(17)10-7-9(14)3-4-11(10)15/h3-4,7H,2,5-6,8H2,1H3,(H,16,17). The van der Waals surface area contributed by atoms with Crippen LogP contribution in [-0.4, -0.2) is 24.7 Å². The lowest BCUT2D eigenvalue weighted by Gasteiger charge is -2.34. The topological polar surface area (TPSA) is 38.3 Å². The van der Waals surface area contributed by atoms with Crippen molar-refractivity contribution in [2.45, 2.75) is 25.3 Å². The van der Waals surface area contributed by atoms with Crippen LogP contribution in [0.3, 0.4) is 0 Å². The highest BCUT2D eigenvalue weighted by atomic mass is 79.9. The van der Waals surface area contributed by atoms with Crippen molar-refractivity contribution in [1.82, 2.24) is 5.32 Å². The van der Waals surface area contributed by atoms with Crippen molar-refractivity contribution in [3.8, 4) is 0 Å². The van der Waals surface area contributed by atoms with Crippen LogP contribution in [0.1, 0.15) is 30.1 Å². The molecule has 1 atom stereocenters. The van der Waals surface area contributed by atoms with Gasteiger partial charge in [0.1, 0.15) is 0 Å². The third-order valence-corrected chi connectivity index (χ3v) is 3.85. The molecule has 1 fully saturated rings. The number of carbonyl (C=O) groups is 1. The molecule has 0 radical (unpaired) electrons. The number of ether oxygens (including phenoxy) is 1. The Kier molecular flexibility index (Phi) is 4.30. The minimum atomic E-state index is -0.305. The van der Waals surface area contributed by atoms with Crippen LogP contribution >= 0.6 is 27.5 Å². The molecule has 0 spiro atoms. The Hall–Kier alpha value is -0.580. The first-order valence-electron chi connectivity index (χ1n) is 5.85. The third-order valence-electron chi connectivity index (χ3n) is 3.03. The Morgan fingerprint density at radius 3 is 3.00 bits per heavy atom. The van der Waals surface area contributed by atoms with Crippen molar-refractivity contribution in [2.24, 2.45) is 0 Å². The van der Waals surface area contributed by atoms with Crippen molar-refractivity contribution in [3.05, 3.63) is 33.3 Å². The molecule has 1 amide bonds. The Labute approximate surface area is 120 Å². The number of nitrogens with one attached hydrogen (secondary N) is 1. The average molecular weight is 333 g/mol. The highest BCUT2D eigenvalue weighted by Gasteiger charge is 2.30. The molecule has 1 aliphatic heterocycles. The summed E-state index contributed by atoms with van der Waals surface area (Å²) in [4.78, 5) is 12.2. The quantitative estimate of drug-likeness (QED) is 0.901. The molecular weight excluding hydrogens is 318 g/mol. The second-order valence-electron chi connectivity index (χ2n) is 4.80. The number of amides is 1. The SMILES string of the molecule is CC1(NC(=O)c2cc(Br)ccc2Cl)CCCOC1. The van der Waals surface area contributed by atoms with Crippen LogP contribution in [0, 0.1) is 0 Å². The summed E-state index contributed by atoms with van der Waals surface area (Å²) >= 11 is 9.38. The molecule has 1 aliphatic rings. The Morgan fingerprint density at radius 2 is 2.33 bits per heavy atom. The Balaban J connectivity index is 2.14. The monoisotopic (exact) mass is 331 g/mol. The van der Waals surface area contributed by atoms with Gasteiger partial charge in [0.2, 0.25) is 0 Å². The first kappa shape index (κ1) is 13.8. The molecule has 1 unspecified atom stereocenters. The van der Waals surface area contributed by atoms with Gasteiger partial charge < -0.3 is 10.1 Å². The summed E-state index contributed by atoms with van der Waals surface area (Å²) in [6.07, 6.45) is 1.88. The summed E-state index contributed by atoms with van der Waals surface area (Å²) in [5.74, 6) is -0.158. The van der Waals surface area contributed by atoms with E-state index in [2.05, 4.69) is 21.2 Å². The van der Waals surface area contributed by atoms with Crippen LogP contribution in [0.25, 0.3) is 0 Å². The van der Waals surface area contributed by atoms with Gasteiger partial charge in [-0.25, -0.2) is 0 Å². The van der Waals surface area contributed by atoms with Crippen molar-refractivity contribution in [2.75, 3.05) is 13.2 Å². The lowest BCUT2D eigenvalue weighted by molar-refractivity contribution is 0.0272. The first-order valence-corrected chi connectivity index (χ1v) is 7.03. The van der Waals surface area contributed by atoms with Gasteiger partial charge in [-0.2, -0.15) is 0 Å². The van der Waals surface area contributed by atoms with Crippen molar-refractivity contribution in [3.63, 3.8) is 0 Å². The van der Waals surface area contributed by atoms with E-state index in [1.54, 1.807) is 12.1 Å². The van der Waals surface area contributed by atoms with Gasteiger partial charge in [-0.1, -0.05) is 27.5 Å². The molecule has 1 N–H and O–H groups in total. The van der Waals surface area contributed by atoms with Gasteiger partial charge in [-0.3, -0.25) is 4.79 Å². The van der Waals surface area contributed by atoms with Gasteiger partial charge >= 0.3 is 0 Å². The highest BCUT2D eigenvalue weighted by molar-refractivity contribution is 9.10. The largest absolute Gasteiger partial charge is 0.379 e. The fourth-order valence-corrected chi connectivity index (χ4v) is 2.61. The van der Waals surface area contributed by atoms with Gasteiger partial charge in [0.25, 0.3) is 5.91 Å². The van der Waals surface area contributed by atoms with E-state index in [-0.39, 0.29) is 11.4 Å². The van der Waals surface area contributed by atoms with E-state index in [1.165, 1.54) is 0 Å². The van der Waals surface area contributed by atoms with Gasteiger partial charge in [0.15, 0.2) is 0 Å².